The van der Waals surface area contributed by atoms with Crippen LogP contribution in [0.25, 0.3) is 11.3 Å². The number of halogens is 2. The van der Waals surface area contributed by atoms with Gasteiger partial charge in [0.15, 0.2) is 0 Å². The highest BCUT2D eigenvalue weighted by Crippen LogP contribution is 2.46. The third-order valence-corrected chi connectivity index (χ3v) is 9.47. The summed E-state index contributed by atoms with van der Waals surface area (Å²) < 4.78 is 11.2. The highest BCUT2D eigenvalue weighted by molar-refractivity contribution is 6.35. The fraction of sp³-hybridized carbons (Fsp3) is 0.455. The number of rotatable bonds is 10. The summed E-state index contributed by atoms with van der Waals surface area (Å²) in [4.78, 5) is 39.6. The molecule has 6 rings (SSSR count). The van der Waals surface area contributed by atoms with Gasteiger partial charge in [-0.1, -0.05) is 23.2 Å². The molecule has 2 aromatic heterocycles. The number of carbonyl (C=O) groups excluding carboxylic acids is 2. The molecular formula is C33H38Cl2N6O5. The highest BCUT2D eigenvalue weighted by atomic mass is 35.5. The number of nitrogens with zero attached hydrogens (tertiary/aromatic N) is 5. The molecule has 4 heterocycles. The van der Waals surface area contributed by atoms with Crippen molar-refractivity contribution in [2.24, 2.45) is 17.1 Å². The van der Waals surface area contributed by atoms with E-state index in [9.17, 15) is 14.7 Å². The van der Waals surface area contributed by atoms with Crippen molar-refractivity contribution in [2.45, 2.75) is 32.2 Å². The topological polar surface area (TPSA) is 134 Å². The van der Waals surface area contributed by atoms with Crippen molar-refractivity contribution in [3.63, 3.8) is 0 Å². The van der Waals surface area contributed by atoms with Crippen LogP contribution in [0.4, 0.5) is 10.6 Å². The second-order valence-electron chi connectivity index (χ2n) is 12.4. The standard InChI is InChI=1S/C33H38Cl2N6O5/c34-25-15-24(16-26(35)17-25)28-13-23(19-39-7-3-22(4-8-39)20-45-32(36)44)14-30(38-28)46-27-1-2-29(37-18-27)40-9-11-41(12-10-40)31(43)33(21-42)5-6-33/h1-2,13-18,22,42H,3-12,19-21H2,(H2,36,44). The van der Waals surface area contributed by atoms with E-state index in [1.807, 2.05) is 41.3 Å². The number of anilines is 1. The maximum absolute atomic E-state index is 12.8. The molecule has 11 nitrogen and oxygen atoms in total. The molecule has 0 unspecified atom stereocenters. The Morgan fingerprint density at radius 3 is 2.30 bits per heavy atom. The van der Waals surface area contributed by atoms with Gasteiger partial charge in [0.2, 0.25) is 11.8 Å². The quantitative estimate of drug-likeness (QED) is 0.307. The molecule has 13 heteroatoms. The summed E-state index contributed by atoms with van der Waals surface area (Å²) in [5, 5.41) is 10.7. The van der Waals surface area contributed by atoms with E-state index in [-0.39, 0.29) is 12.5 Å². The molecule has 3 aliphatic rings. The van der Waals surface area contributed by atoms with E-state index in [1.165, 1.54) is 0 Å². The predicted octanol–water partition coefficient (Wildman–Crippen LogP) is 4.97. The Kier molecular flexibility index (Phi) is 9.84. The molecular weight excluding hydrogens is 631 g/mol. The summed E-state index contributed by atoms with van der Waals surface area (Å²) in [5.41, 5.74) is 7.08. The normalized spacial score (nSPS) is 18.3. The molecule has 0 spiro atoms. The lowest BCUT2D eigenvalue weighted by Crippen LogP contribution is -2.51. The molecule has 0 bridgehead atoms. The number of nitrogens with two attached hydrogens (primary N) is 1. The minimum absolute atomic E-state index is 0.0692. The maximum atomic E-state index is 12.8. The zero-order chi connectivity index (χ0) is 32.3. The average Bonchev–Trinajstić information content (AvgIpc) is 3.85. The number of benzene rings is 1. The number of aromatic nitrogens is 2. The minimum atomic E-state index is -0.734. The molecule has 0 atom stereocenters. The Morgan fingerprint density at radius 1 is 0.978 bits per heavy atom. The molecule has 2 aliphatic heterocycles. The van der Waals surface area contributed by atoms with Crippen LogP contribution in [0.2, 0.25) is 10.0 Å². The first kappa shape index (κ1) is 32.3. The van der Waals surface area contributed by atoms with Crippen LogP contribution in [0.15, 0.2) is 48.7 Å². The van der Waals surface area contributed by atoms with Gasteiger partial charge in [-0.15, -0.1) is 0 Å². The van der Waals surface area contributed by atoms with Crippen molar-refractivity contribution >= 4 is 41.0 Å². The molecule has 3 aromatic rings. The molecule has 3 N–H and O–H groups in total. The Morgan fingerprint density at radius 2 is 1.70 bits per heavy atom. The summed E-state index contributed by atoms with van der Waals surface area (Å²) in [7, 11) is 0. The third kappa shape index (κ3) is 7.83. The Bertz CT molecular complexity index is 1530. The Labute approximate surface area is 278 Å². The van der Waals surface area contributed by atoms with Crippen molar-refractivity contribution in [3.8, 4) is 22.9 Å². The number of pyridine rings is 2. The van der Waals surface area contributed by atoms with Gasteiger partial charge in [0.1, 0.15) is 11.6 Å². The van der Waals surface area contributed by atoms with Crippen molar-refractivity contribution < 1.29 is 24.2 Å². The second-order valence-corrected chi connectivity index (χ2v) is 13.3. The molecule has 1 aliphatic carbocycles. The SMILES string of the molecule is NC(=O)OCC1CCN(Cc2cc(Oc3ccc(N4CCN(C(=O)C5(CO)CC5)CC4)nc3)nc(-c3cc(Cl)cc(Cl)c3)c2)CC1. The van der Waals surface area contributed by atoms with Crippen molar-refractivity contribution in [2.75, 3.05) is 57.4 Å². The van der Waals surface area contributed by atoms with Gasteiger partial charge in [-0.3, -0.25) is 9.69 Å². The third-order valence-electron chi connectivity index (χ3n) is 9.04. The van der Waals surface area contributed by atoms with Gasteiger partial charge < -0.3 is 30.1 Å². The maximum Gasteiger partial charge on any atom is 0.404 e. The lowest BCUT2D eigenvalue weighted by molar-refractivity contribution is -0.138. The number of likely N-dealkylation sites (tertiary alicyclic amines) is 1. The number of primary amides is 1. The highest BCUT2D eigenvalue weighted by Gasteiger charge is 2.51. The average molecular weight is 670 g/mol. The second kappa shape index (κ2) is 14.0. The monoisotopic (exact) mass is 668 g/mol. The van der Waals surface area contributed by atoms with Gasteiger partial charge in [0.05, 0.1) is 30.5 Å². The van der Waals surface area contributed by atoms with Crippen molar-refractivity contribution in [3.05, 3.63) is 64.3 Å². The van der Waals surface area contributed by atoms with Crippen LogP contribution in [0.5, 0.6) is 11.6 Å². The fourth-order valence-corrected chi connectivity index (χ4v) is 6.65. The number of piperazine rings is 1. The number of hydrogen-bond donors (Lipinski definition) is 2. The molecule has 1 aromatic carbocycles. The van der Waals surface area contributed by atoms with Gasteiger partial charge in [0, 0.05) is 54.4 Å². The molecule has 2 amide bonds. The molecule has 244 valence electrons. The van der Waals surface area contributed by atoms with E-state index in [4.69, 9.17) is 43.4 Å². The van der Waals surface area contributed by atoms with Crippen LogP contribution >= 0.6 is 23.2 Å². The minimum Gasteiger partial charge on any atom is -0.449 e. The van der Waals surface area contributed by atoms with Gasteiger partial charge >= 0.3 is 6.09 Å². The predicted molar refractivity (Wildman–Crippen MR) is 175 cm³/mol. The molecule has 3 fully saturated rings. The number of aliphatic hydroxyl groups excluding tert-OH is 1. The van der Waals surface area contributed by atoms with E-state index in [0.717, 1.165) is 55.7 Å². The van der Waals surface area contributed by atoms with Gasteiger partial charge in [0.25, 0.3) is 0 Å². The van der Waals surface area contributed by atoms with Crippen molar-refractivity contribution in [1.29, 1.82) is 0 Å². The summed E-state index contributed by atoms with van der Waals surface area (Å²) in [6.45, 7) is 5.24. The van der Waals surface area contributed by atoms with Crippen LogP contribution in [0.3, 0.4) is 0 Å². The van der Waals surface area contributed by atoms with E-state index in [1.54, 1.807) is 12.3 Å². The van der Waals surface area contributed by atoms with Crippen LogP contribution < -0.4 is 15.4 Å². The summed E-state index contributed by atoms with van der Waals surface area (Å²) in [6, 6.07) is 13.1. The van der Waals surface area contributed by atoms with Gasteiger partial charge in [-0.05, 0) is 86.7 Å². The van der Waals surface area contributed by atoms with Crippen molar-refractivity contribution in [1.82, 2.24) is 19.8 Å². The molecule has 1 saturated carbocycles. The van der Waals surface area contributed by atoms with Gasteiger partial charge in [-0.25, -0.2) is 14.8 Å². The smallest absolute Gasteiger partial charge is 0.404 e. The lowest BCUT2D eigenvalue weighted by Gasteiger charge is -2.37. The molecule has 0 radical (unpaired) electrons. The fourth-order valence-electron chi connectivity index (χ4n) is 6.13. The van der Waals surface area contributed by atoms with Crippen LogP contribution in [-0.4, -0.2) is 89.4 Å². The van der Waals surface area contributed by atoms with Crippen LogP contribution in [0.1, 0.15) is 31.2 Å². The summed E-state index contributed by atoms with van der Waals surface area (Å²) >= 11 is 12.6. The van der Waals surface area contributed by atoms with Gasteiger partial charge in [-0.2, -0.15) is 0 Å². The number of amides is 2. The number of ether oxygens (including phenoxy) is 2. The van der Waals surface area contributed by atoms with E-state index in [2.05, 4.69) is 14.8 Å². The van der Waals surface area contributed by atoms with Crippen LogP contribution in [0, 0.1) is 11.3 Å². The zero-order valence-corrected chi connectivity index (χ0v) is 27.0. The lowest BCUT2D eigenvalue weighted by atomic mass is 9.97. The molecule has 2 saturated heterocycles. The van der Waals surface area contributed by atoms with Crippen LogP contribution in [-0.2, 0) is 16.1 Å². The summed E-state index contributed by atoms with van der Waals surface area (Å²) in [6.07, 6.45) is 4.30. The van der Waals surface area contributed by atoms with E-state index >= 15 is 0 Å². The largest absolute Gasteiger partial charge is 0.449 e. The number of piperidine rings is 1. The Balaban J connectivity index is 1.13. The zero-order valence-electron chi connectivity index (χ0n) is 25.5. The van der Waals surface area contributed by atoms with E-state index in [0.29, 0.717) is 72.6 Å². The van der Waals surface area contributed by atoms with E-state index < -0.39 is 11.5 Å². The first-order valence-corrected chi connectivity index (χ1v) is 16.4. The first-order valence-electron chi connectivity index (χ1n) is 15.6. The number of hydrogen-bond acceptors (Lipinski definition) is 9. The number of carbonyl (C=O) groups is 2. The number of aliphatic hydroxyl groups is 1. The Hall–Kier alpha value is -3.64. The summed E-state index contributed by atoms with van der Waals surface area (Å²) in [5.74, 6) is 2.15. The first-order chi connectivity index (χ1) is 22.2. The molecule has 46 heavy (non-hydrogen) atoms.